The van der Waals surface area contributed by atoms with Crippen molar-refractivity contribution >= 4 is 29.2 Å². The van der Waals surface area contributed by atoms with Crippen LogP contribution in [0.15, 0.2) is 0 Å². The van der Waals surface area contributed by atoms with Crippen molar-refractivity contribution in [2.45, 2.75) is 6.18 Å². The van der Waals surface area contributed by atoms with Crippen LogP contribution in [0.1, 0.15) is 0 Å². The number of halogens is 3. The molecular weight excluding hydrogens is 210 g/mol. The molecule has 0 amide bonds. The summed E-state index contributed by atoms with van der Waals surface area (Å²) >= 11 is 8.33. The summed E-state index contributed by atoms with van der Waals surface area (Å²) in [6, 6.07) is 0. The van der Waals surface area contributed by atoms with Crippen LogP contribution in [0.5, 0.6) is 0 Å². The first-order valence-corrected chi connectivity index (χ1v) is 2.75. The Kier molecular flexibility index (Phi) is 8.59. The van der Waals surface area contributed by atoms with Gasteiger partial charge in [-0.1, -0.05) is 4.32 Å². The largest absolute Gasteiger partial charge is 1.00 e. The predicted molar refractivity (Wildman–Crippen MR) is 34.0 cm³/mol. The Balaban J connectivity index is 0. The van der Waals surface area contributed by atoms with Crippen molar-refractivity contribution in [1.82, 2.24) is 5.32 Å². The van der Waals surface area contributed by atoms with Gasteiger partial charge in [0.1, 0.15) is 6.54 Å². The molecule has 0 aliphatic heterocycles. The average molecular weight is 213 g/mol. The Morgan fingerprint density at radius 3 is 2.00 bits per heavy atom. The van der Waals surface area contributed by atoms with Crippen LogP contribution in [0, 0.1) is 0 Å². The van der Waals surface area contributed by atoms with Crippen LogP contribution in [-0.4, -0.2) is 17.0 Å². The van der Waals surface area contributed by atoms with Gasteiger partial charge in [-0.05, 0) is 0 Å². The van der Waals surface area contributed by atoms with Crippen LogP contribution in [0.3, 0.4) is 0 Å². The minimum Gasteiger partial charge on any atom is -0.412 e. The summed E-state index contributed by atoms with van der Waals surface area (Å²) in [6.07, 6.45) is -4.23. The summed E-state index contributed by atoms with van der Waals surface area (Å²) in [5.74, 6) is 0. The Morgan fingerprint density at radius 1 is 1.50 bits per heavy atom. The van der Waals surface area contributed by atoms with Crippen LogP contribution < -0.4 is 56.7 Å². The molecule has 54 valence electrons. The Bertz CT molecular complexity index is 115. The fourth-order valence-electron chi connectivity index (χ4n) is 0.172. The summed E-state index contributed by atoms with van der Waals surface area (Å²) < 4.78 is 33.5. The van der Waals surface area contributed by atoms with Gasteiger partial charge in [-0.25, -0.2) is 0 Å². The second-order valence-electron chi connectivity index (χ2n) is 1.26. The number of thiocarbonyl (C=S) groups is 1. The Labute approximate surface area is 110 Å². The van der Waals surface area contributed by atoms with Gasteiger partial charge in [-0.3, -0.25) is 0 Å². The fraction of sp³-hybridized carbons (Fsp3) is 0.667. The molecule has 0 aliphatic carbocycles. The van der Waals surface area contributed by atoms with Crippen LogP contribution in [0.2, 0.25) is 0 Å². The number of nitrogens with one attached hydrogen (secondary N) is 1. The standard InChI is InChI=1S/C3H4F3NS2.K/c4-3(5,6)1-7-2(8)9;/h1H2,(H2,7,8,9);/q;+1/p-1. The first kappa shape index (κ1) is 14.1. The number of alkyl halides is 3. The average Bonchev–Trinajstić information content (AvgIpc) is 1.59. The van der Waals surface area contributed by atoms with E-state index in [0.29, 0.717) is 0 Å². The molecule has 0 aromatic heterocycles. The van der Waals surface area contributed by atoms with Gasteiger partial charge >= 0.3 is 57.6 Å². The summed E-state index contributed by atoms with van der Waals surface area (Å²) in [6.45, 7) is -1.14. The molecule has 0 saturated carbocycles. The molecular formula is C3H3F3KNS2. The number of rotatable bonds is 1. The van der Waals surface area contributed by atoms with Gasteiger partial charge < -0.3 is 30.2 Å². The zero-order valence-corrected chi connectivity index (χ0v) is 9.91. The van der Waals surface area contributed by atoms with E-state index >= 15 is 0 Å². The normalized spacial score (nSPS) is 9.90. The summed E-state index contributed by atoms with van der Waals surface area (Å²) in [7, 11) is 0. The monoisotopic (exact) mass is 213 g/mol. The third-order valence-corrected chi connectivity index (χ3v) is 0.722. The van der Waals surface area contributed by atoms with Crippen LogP contribution >= 0.6 is 12.2 Å². The number of hydrogen-bond acceptors (Lipinski definition) is 2. The van der Waals surface area contributed by atoms with E-state index in [1.807, 2.05) is 0 Å². The zero-order chi connectivity index (χ0) is 7.49. The maximum Gasteiger partial charge on any atom is 1.00 e. The van der Waals surface area contributed by atoms with Gasteiger partial charge in [0.2, 0.25) is 0 Å². The second-order valence-corrected chi connectivity index (χ2v) is 2.33. The third kappa shape index (κ3) is 12.2. The summed E-state index contributed by atoms with van der Waals surface area (Å²) in [4.78, 5) is 0. The quantitative estimate of drug-likeness (QED) is 0.307. The van der Waals surface area contributed by atoms with Crippen molar-refractivity contribution in [3.8, 4) is 0 Å². The second kappa shape index (κ2) is 6.10. The fourth-order valence-corrected chi connectivity index (χ4v) is 0.317. The molecule has 0 radical (unpaired) electrons. The molecule has 0 aliphatic rings. The zero-order valence-electron chi connectivity index (χ0n) is 5.16. The van der Waals surface area contributed by atoms with Crippen molar-refractivity contribution in [2.24, 2.45) is 0 Å². The van der Waals surface area contributed by atoms with Crippen molar-refractivity contribution < 1.29 is 64.6 Å². The summed E-state index contributed by atoms with van der Waals surface area (Å²) in [5.41, 5.74) is 0. The molecule has 0 saturated heterocycles. The van der Waals surface area contributed by atoms with Crippen LogP contribution in [-0.2, 0) is 12.6 Å². The molecule has 0 fully saturated rings. The van der Waals surface area contributed by atoms with Crippen molar-refractivity contribution in [3.05, 3.63) is 0 Å². The molecule has 10 heavy (non-hydrogen) atoms. The molecule has 1 N–H and O–H groups in total. The van der Waals surface area contributed by atoms with Gasteiger partial charge in [0, 0.05) is 0 Å². The smallest absolute Gasteiger partial charge is 0.412 e. The molecule has 0 unspecified atom stereocenters. The van der Waals surface area contributed by atoms with Crippen LogP contribution in [0.25, 0.3) is 0 Å². The molecule has 0 aromatic carbocycles. The first-order chi connectivity index (χ1) is 3.92. The topological polar surface area (TPSA) is 12.0 Å². The number of hydrogen-bond donors (Lipinski definition) is 1. The molecule has 0 heterocycles. The van der Waals surface area contributed by atoms with Crippen LogP contribution in [0.4, 0.5) is 13.2 Å². The van der Waals surface area contributed by atoms with E-state index in [0.717, 1.165) is 0 Å². The van der Waals surface area contributed by atoms with E-state index < -0.39 is 12.7 Å². The van der Waals surface area contributed by atoms with E-state index in [1.54, 1.807) is 5.32 Å². The van der Waals surface area contributed by atoms with Crippen molar-refractivity contribution in [3.63, 3.8) is 0 Å². The van der Waals surface area contributed by atoms with Crippen molar-refractivity contribution in [2.75, 3.05) is 6.54 Å². The third-order valence-electron chi connectivity index (χ3n) is 0.433. The van der Waals surface area contributed by atoms with E-state index in [9.17, 15) is 13.2 Å². The Hall–Kier alpha value is 1.54. The maximum atomic E-state index is 11.2. The first-order valence-electron chi connectivity index (χ1n) is 1.93. The Morgan fingerprint density at radius 2 is 1.90 bits per heavy atom. The van der Waals surface area contributed by atoms with E-state index in [1.165, 1.54) is 0 Å². The molecule has 1 nitrogen and oxygen atoms in total. The minimum atomic E-state index is -4.23. The van der Waals surface area contributed by atoms with Crippen molar-refractivity contribution in [1.29, 1.82) is 0 Å². The van der Waals surface area contributed by atoms with Gasteiger partial charge in [0.05, 0.1) is 0 Å². The predicted octanol–water partition coefficient (Wildman–Crippen LogP) is -2.03. The molecule has 0 rings (SSSR count). The SMILES string of the molecule is FC(F)(F)CNC(=S)[S-].[K+]. The minimum absolute atomic E-state index is 0. The molecule has 0 bridgehead atoms. The van der Waals surface area contributed by atoms with E-state index in [-0.39, 0.29) is 55.7 Å². The summed E-state index contributed by atoms with van der Waals surface area (Å²) in [5, 5.41) is 1.81. The molecule has 7 heteroatoms. The molecule has 0 spiro atoms. The van der Waals surface area contributed by atoms with E-state index in [2.05, 4.69) is 24.8 Å². The molecule has 0 atom stereocenters. The van der Waals surface area contributed by atoms with Gasteiger partial charge in [0.25, 0.3) is 0 Å². The van der Waals surface area contributed by atoms with Gasteiger partial charge in [-0.15, -0.1) is 0 Å². The maximum absolute atomic E-state index is 11.2. The van der Waals surface area contributed by atoms with E-state index in [4.69, 9.17) is 0 Å². The van der Waals surface area contributed by atoms with Gasteiger partial charge in [-0.2, -0.15) is 13.2 Å². The van der Waals surface area contributed by atoms with Gasteiger partial charge in [0.15, 0.2) is 0 Å². The molecule has 0 aromatic rings.